The summed E-state index contributed by atoms with van der Waals surface area (Å²) in [5.41, 5.74) is 0.417. The summed E-state index contributed by atoms with van der Waals surface area (Å²) in [5, 5.41) is 7.55. The van der Waals surface area contributed by atoms with Crippen LogP contribution in [0.25, 0.3) is 11.0 Å². The van der Waals surface area contributed by atoms with Crippen LogP contribution in [0.1, 0.15) is 32.0 Å². The van der Waals surface area contributed by atoms with Crippen molar-refractivity contribution >= 4 is 16.9 Å². The first kappa shape index (κ1) is 16.6. The Morgan fingerprint density at radius 2 is 2.33 bits per heavy atom. The number of fused-ring (bicyclic) bond motifs is 1. The van der Waals surface area contributed by atoms with Crippen LogP contribution in [0.15, 0.2) is 11.0 Å². The second kappa shape index (κ2) is 7.12. The van der Waals surface area contributed by atoms with E-state index in [0.717, 1.165) is 32.4 Å². The van der Waals surface area contributed by atoms with Gasteiger partial charge in [0.1, 0.15) is 11.2 Å². The molecule has 2 N–H and O–H groups in total. The van der Waals surface area contributed by atoms with E-state index < -0.39 is 0 Å². The topological polar surface area (TPSA) is 95.9 Å². The predicted molar refractivity (Wildman–Crippen MR) is 90.4 cm³/mol. The minimum absolute atomic E-state index is 0.0115. The molecule has 1 atom stereocenters. The lowest BCUT2D eigenvalue weighted by Crippen LogP contribution is -2.43. The zero-order chi connectivity index (χ0) is 17.1. The number of amides is 1. The summed E-state index contributed by atoms with van der Waals surface area (Å²) in [6.07, 6.45) is 4.36. The Kier molecular flexibility index (Phi) is 4.94. The van der Waals surface area contributed by atoms with E-state index in [1.54, 1.807) is 11.7 Å². The lowest BCUT2D eigenvalue weighted by Gasteiger charge is -2.31. The van der Waals surface area contributed by atoms with Gasteiger partial charge in [0, 0.05) is 20.1 Å². The fourth-order valence-corrected chi connectivity index (χ4v) is 3.17. The Morgan fingerprint density at radius 3 is 3.12 bits per heavy atom. The maximum Gasteiger partial charge on any atom is 0.262 e. The van der Waals surface area contributed by atoms with Gasteiger partial charge in [-0.25, -0.2) is 4.98 Å². The second-order valence-corrected chi connectivity index (χ2v) is 6.38. The lowest BCUT2D eigenvalue weighted by atomic mass is 9.97. The monoisotopic (exact) mass is 332 g/mol. The number of nitrogens with zero attached hydrogens (tertiary/aromatic N) is 4. The third-order valence-electron chi connectivity index (χ3n) is 4.45. The summed E-state index contributed by atoms with van der Waals surface area (Å²) in [6.45, 7) is 4.91. The second-order valence-electron chi connectivity index (χ2n) is 6.38. The van der Waals surface area contributed by atoms with E-state index in [4.69, 9.17) is 0 Å². The first-order valence-corrected chi connectivity index (χ1v) is 8.49. The van der Waals surface area contributed by atoms with Gasteiger partial charge in [0.05, 0.1) is 18.7 Å². The molecule has 0 aromatic carbocycles. The number of aryl methyl sites for hydroxylation is 1. The molecular formula is C16H24N6O2. The molecule has 0 aliphatic carbocycles. The number of hydrogen-bond donors (Lipinski definition) is 2. The van der Waals surface area contributed by atoms with Gasteiger partial charge in [0.15, 0.2) is 5.65 Å². The van der Waals surface area contributed by atoms with Crippen molar-refractivity contribution in [3.8, 4) is 0 Å². The number of likely N-dealkylation sites (tertiary alicyclic amines) is 1. The molecule has 1 aliphatic rings. The molecule has 0 saturated carbocycles. The van der Waals surface area contributed by atoms with E-state index in [9.17, 15) is 9.59 Å². The van der Waals surface area contributed by atoms with Crippen LogP contribution < -0.4 is 10.9 Å². The highest BCUT2D eigenvalue weighted by Gasteiger charge is 2.26. The van der Waals surface area contributed by atoms with Crippen molar-refractivity contribution < 1.29 is 4.79 Å². The van der Waals surface area contributed by atoms with Crippen LogP contribution in [0, 0.1) is 5.92 Å². The number of aromatic amines is 1. The number of hydrogen-bond acceptors (Lipinski definition) is 5. The molecule has 3 rings (SSSR count). The fraction of sp³-hybridized carbons (Fsp3) is 0.625. The molecular weight excluding hydrogens is 308 g/mol. The number of nitrogens with one attached hydrogen (secondary N) is 2. The molecule has 8 heteroatoms. The minimum Gasteiger partial charge on any atom is -0.356 e. The van der Waals surface area contributed by atoms with Gasteiger partial charge >= 0.3 is 0 Å². The van der Waals surface area contributed by atoms with Crippen LogP contribution in [0.3, 0.4) is 0 Å². The van der Waals surface area contributed by atoms with Gasteiger partial charge < -0.3 is 10.3 Å². The maximum absolute atomic E-state index is 12.2. The molecule has 8 nitrogen and oxygen atoms in total. The van der Waals surface area contributed by atoms with Gasteiger partial charge in [-0.15, -0.1) is 0 Å². The number of rotatable bonds is 5. The van der Waals surface area contributed by atoms with Gasteiger partial charge in [-0.1, -0.05) is 6.92 Å². The van der Waals surface area contributed by atoms with E-state index in [1.165, 1.54) is 6.20 Å². The Labute approximate surface area is 140 Å². The van der Waals surface area contributed by atoms with Gasteiger partial charge in [-0.2, -0.15) is 5.10 Å². The van der Waals surface area contributed by atoms with Crippen molar-refractivity contribution in [2.45, 2.75) is 32.7 Å². The highest BCUT2D eigenvalue weighted by atomic mass is 16.2. The van der Waals surface area contributed by atoms with E-state index >= 15 is 0 Å². The maximum atomic E-state index is 12.2. The molecule has 1 fully saturated rings. The molecule has 1 saturated heterocycles. The first-order chi connectivity index (χ1) is 11.6. The third-order valence-corrected chi connectivity index (χ3v) is 4.45. The summed E-state index contributed by atoms with van der Waals surface area (Å²) in [4.78, 5) is 33.8. The highest BCUT2D eigenvalue weighted by Crippen LogP contribution is 2.18. The number of H-pyrrole nitrogens is 1. The molecule has 130 valence electrons. The number of piperidine rings is 1. The standard InChI is InChI=1S/C16H24N6O2/c1-3-6-17-15(23)11-5-4-7-22(9-11)10-13-19-14-12(16(24)20-13)8-18-21(14)2/h8,11H,3-7,9-10H2,1-2H3,(H,17,23)(H,19,20,24)/t11-/m0/s1. The summed E-state index contributed by atoms with van der Waals surface area (Å²) in [5.74, 6) is 0.758. The summed E-state index contributed by atoms with van der Waals surface area (Å²) in [6, 6.07) is 0. The quantitative estimate of drug-likeness (QED) is 0.826. The zero-order valence-electron chi connectivity index (χ0n) is 14.2. The summed E-state index contributed by atoms with van der Waals surface area (Å²) >= 11 is 0. The number of aromatic nitrogens is 4. The highest BCUT2D eigenvalue weighted by molar-refractivity contribution is 5.78. The molecule has 0 unspecified atom stereocenters. The van der Waals surface area contributed by atoms with Crippen molar-refractivity contribution in [2.75, 3.05) is 19.6 Å². The SMILES string of the molecule is CCCNC(=O)[C@H]1CCCN(Cc2nc3c(cnn3C)c(=O)[nH]2)C1. The first-order valence-electron chi connectivity index (χ1n) is 8.49. The molecule has 1 aliphatic heterocycles. The van der Waals surface area contributed by atoms with Crippen LogP contribution in [0.5, 0.6) is 0 Å². The van der Waals surface area contributed by atoms with Crippen LogP contribution in [0.4, 0.5) is 0 Å². The Bertz CT molecular complexity index is 780. The molecule has 24 heavy (non-hydrogen) atoms. The largest absolute Gasteiger partial charge is 0.356 e. The van der Waals surface area contributed by atoms with E-state index in [1.807, 2.05) is 6.92 Å². The molecule has 0 spiro atoms. The normalized spacial score (nSPS) is 18.8. The third kappa shape index (κ3) is 3.48. The molecule has 0 radical (unpaired) electrons. The predicted octanol–water partition coefficient (Wildman–Crippen LogP) is 0.395. The van der Waals surface area contributed by atoms with Crippen LogP contribution in [0.2, 0.25) is 0 Å². The molecule has 1 amide bonds. The van der Waals surface area contributed by atoms with Gasteiger partial charge in [0.2, 0.25) is 5.91 Å². The van der Waals surface area contributed by atoms with Crippen molar-refractivity contribution in [1.29, 1.82) is 0 Å². The van der Waals surface area contributed by atoms with Crippen molar-refractivity contribution in [3.63, 3.8) is 0 Å². The molecule has 2 aromatic heterocycles. The van der Waals surface area contributed by atoms with Gasteiger partial charge in [0.25, 0.3) is 5.56 Å². The Hall–Kier alpha value is -2.22. The number of carbonyl (C=O) groups excluding carboxylic acids is 1. The molecule has 0 bridgehead atoms. The van der Waals surface area contributed by atoms with Crippen LogP contribution in [-0.2, 0) is 18.4 Å². The van der Waals surface area contributed by atoms with E-state index in [-0.39, 0.29) is 17.4 Å². The summed E-state index contributed by atoms with van der Waals surface area (Å²) in [7, 11) is 1.77. The fourth-order valence-electron chi connectivity index (χ4n) is 3.17. The van der Waals surface area contributed by atoms with Gasteiger partial charge in [-0.3, -0.25) is 19.2 Å². The molecule has 2 aromatic rings. The van der Waals surface area contributed by atoms with Crippen LogP contribution >= 0.6 is 0 Å². The Morgan fingerprint density at radius 1 is 1.50 bits per heavy atom. The number of carbonyl (C=O) groups is 1. The average Bonchev–Trinajstić information content (AvgIpc) is 2.95. The van der Waals surface area contributed by atoms with E-state index in [2.05, 4.69) is 25.3 Å². The smallest absolute Gasteiger partial charge is 0.262 e. The van der Waals surface area contributed by atoms with Crippen molar-refractivity contribution in [1.82, 2.24) is 30.0 Å². The summed E-state index contributed by atoms with van der Waals surface area (Å²) < 4.78 is 1.60. The van der Waals surface area contributed by atoms with Crippen LogP contribution in [-0.4, -0.2) is 50.2 Å². The van der Waals surface area contributed by atoms with E-state index in [0.29, 0.717) is 29.9 Å². The minimum atomic E-state index is -0.169. The van der Waals surface area contributed by atoms with Crippen molar-refractivity contribution in [2.24, 2.45) is 13.0 Å². The van der Waals surface area contributed by atoms with Gasteiger partial charge in [-0.05, 0) is 25.8 Å². The zero-order valence-corrected chi connectivity index (χ0v) is 14.2. The molecule has 3 heterocycles. The average molecular weight is 332 g/mol. The van der Waals surface area contributed by atoms with Crippen molar-refractivity contribution in [3.05, 3.63) is 22.4 Å². The lowest BCUT2D eigenvalue weighted by molar-refractivity contribution is -0.126. The Balaban J connectivity index is 1.70.